The summed E-state index contributed by atoms with van der Waals surface area (Å²) >= 11 is 5.85. The second-order valence-electron chi connectivity index (χ2n) is 6.16. The lowest BCUT2D eigenvalue weighted by Crippen LogP contribution is -2.40. The van der Waals surface area contributed by atoms with Crippen molar-refractivity contribution in [2.24, 2.45) is 5.92 Å². The zero-order valence-electron chi connectivity index (χ0n) is 13.0. The van der Waals surface area contributed by atoms with E-state index >= 15 is 0 Å². The van der Waals surface area contributed by atoms with Crippen molar-refractivity contribution in [3.05, 3.63) is 68.8 Å². The quantitative estimate of drug-likeness (QED) is 0.890. The molecule has 4 nitrogen and oxygen atoms in total. The van der Waals surface area contributed by atoms with Crippen LogP contribution < -0.4 is 10.9 Å². The van der Waals surface area contributed by atoms with Crippen LogP contribution in [-0.2, 0) is 6.42 Å². The van der Waals surface area contributed by atoms with Crippen LogP contribution in [0.2, 0.25) is 5.02 Å². The van der Waals surface area contributed by atoms with Crippen molar-refractivity contribution in [1.82, 2.24) is 10.3 Å². The largest absolute Gasteiger partial charge is 0.349 e. The summed E-state index contributed by atoms with van der Waals surface area (Å²) in [4.78, 5) is 26.6. The SMILES string of the molecule is O=C(N[C@@H]1CCC[C@@H]1Cc1ccc(F)cc1)c1cc(Cl)c[nH]c1=O. The topological polar surface area (TPSA) is 62.0 Å². The van der Waals surface area contributed by atoms with E-state index < -0.39 is 11.5 Å². The van der Waals surface area contributed by atoms with Crippen LogP contribution in [0.5, 0.6) is 0 Å². The molecule has 2 atom stereocenters. The van der Waals surface area contributed by atoms with Crippen LogP contribution in [0.1, 0.15) is 35.2 Å². The molecule has 1 amide bonds. The fourth-order valence-electron chi connectivity index (χ4n) is 3.27. The third-order valence-electron chi connectivity index (χ3n) is 4.50. The first kappa shape index (κ1) is 16.7. The number of H-pyrrole nitrogens is 1. The number of benzene rings is 1. The molecule has 0 bridgehead atoms. The maximum atomic E-state index is 13.0. The van der Waals surface area contributed by atoms with Crippen molar-refractivity contribution in [2.45, 2.75) is 31.7 Å². The van der Waals surface area contributed by atoms with Crippen molar-refractivity contribution >= 4 is 17.5 Å². The minimum Gasteiger partial charge on any atom is -0.349 e. The Hall–Kier alpha value is -2.14. The van der Waals surface area contributed by atoms with E-state index in [1.165, 1.54) is 24.4 Å². The predicted molar refractivity (Wildman–Crippen MR) is 90.8 cm³/mol. The lowest BCUT2D eigenvalue weighted by Gasteiger charge is -2.21. The minimum atomic E-state index is -0.454. The van der Waals surface area contributed by atoms with Gasteiger partial charge in [0.25, 0.3) is 11.5 Å². The second-order valence-corrected chi connectivity index (χ2v) is 6.60. The molecule has 1 aliphatic carbocycles. The van der Waals surface area contributed by atoms with Gasteiger partial charge in [-0.2, -0.15) is 0 Å². The number of aromatic nitrogens is 1. The van der Waals surface area contributed by atoms with Crippen LogP contribution in [0, 0.1) is 11.7 Å². The fraction of sp³-hybridized carbons (Fsp3) is 0.333. The first-order valence-electron chi connectivity index (χ1n) is 7.96. The van der Waals surface area contributed by atoms with Gasteiger partial charge in [-0.05, 0) is 48.9 Å². The maximum Gasteiger partial charge on any atom is 0.260 e. The van der Waals surface area contributed by atoms with E-state index in [1.54, 1.807) is 12.1 Å². The lowest BCUT2D eigenvalue weighted by molar-refractivity contribution is 0.0926. The number of carbonyl (C=O) groups excluding carboxylic acids is 1. The highest BCUT2D eigenvalue weighted by Gasteiger charge is 2.29. The van der Waals surface area contributed by atoms with Gasteiger partial charge in [0.15, 0.2) is 0 Å². The lowest BCUT2D eigenvalue weighted by atomic mass is 9.94. The highest BCUT2D eigenvalue weighted by molar-refractivity contribution is 6.30. The third kappa shape index (κ3) is 3.85. The monoisotopic (exact) mass is 348 g/mol. The molecule has 2 aromatic rings. The van der Waals surface area contributed by atoms with E-state index in [9.17, 15) is 14.0 Å². The fourth-order valence-corrected chi connectivity index (χ4v) is 3.43. The van der Waals surface area contributed by atoms with Gasteiger partial charge in [-0.3, -0.25) is 9.59 Å². The number of pyridine rings is 1. The van der Waals surface area contributed by atoms with E-state index in [0.717, 1.165) is 31.2 Å². The Bertz CT molecular complexity index is 788. The molecule has 1 aromatic heterocycles. The van der Waals surface area contributed by atoms with Crippen LogP contribution in [0.4, 0.5) is 4.39 Å². The highest BCUT2D eigenvalue weighted by atomic mass is 35.5. The number of carbonyl (C=O) groups is 1. The Morgan fingerprint density at radius 3 is 2.79 bits per heavy atom. The van der Waals surface area contributed by atoms with Crippen LogP contribution in [0.3, 0.4) is 0 Å². The molecule has 0 saturated heterocycles. The Labute approximate surface area is 144 Å². The van der Waals surface area contributed by atoms with E-state index in [1.807, 2.05) is 0 Å². The van der Waals surface area contributed by atoms with Crippen molar-refractivity contribution in [2.75, 3.05) is 0 Å². The summed E-state index contributed by atoms with van der Waals surface area (Å²) in [6.45, 7) is 0. The molecule has 24 heavy (non-hydrogen) atoms. The van der Waals surface area contributed by atoms with Crippen molar-refractivity contribution in [3.63, 3.8) is 0 Å². The van der Waals surface area contributed by atoms with E-state index in [4.69, 9.17) is 11.6 Å². The Kier molecular flexibility index (Phi) is 5.00. The average Bonchev–Trinajstić information content (AvgIpc) is 2.98. The molecule has 0 radical (unpaired) electrons. The second kappa shape index (κ2) is 7.18. The van der Waals surface area contributed by atoms with Crippen molar-refractivity contribution in [3.8, 4) is 0 Å². The van der Waals surface area contributed by atoms with Gasteiger partial charge in [0.05, 0.1) is 5.02 Å². The number of nitrogens with one attached hydrogen (secondary N) is 2. The van der Waals surface area contributed by atoms with Gasteiger partial charge in [0, 0.05) is 12.2 Å². The summed E-state index contributed by atoms with van der Waals surface area (Å²) in [5, 5.41) is 3.27. The first-order chi connectivity index (χ1) is 11.5. The number of hydrogen-bond acceptors (Lipinski definition) is 2. The molecular weight excluding hydrogens is 331 g/mol. The molecule has 6 heteroatoms. The van der Waals surface area contributed by atoms with Crippen LogP contribution in [0.25, 0.3) is 0 Å². The molecule has 1 aliphatic rings. The average molecular weight is 349 g/mol. The predicted octanol–water partition coefficient (Wildman–Crippen LogP) is 3.31. The standard InChI is InChI=1S/C18H18ClFN2O2/c19-13-9-15(17(23)21-10-13)18(24)22-16-3-1-2-12(16)8-11-4-6-14(20)7-5-11/h4-7,9-10,12,16H,1-3,8H2,(H,21,23)(H,22,24)/t12-,16-/m1/s1. The smallest absolute Gasteiger partial charge is 0.260 e. The number of amides is 1. The normalized spacial score (nSPS) is 20.1. The summed E-state index contributed by atoms with van der Waals surface area (Å²) in [6.07, 6.45) is 5.01. The maximum absolute atomic E-state index is 13.0. The molecule has 2 N–H and O–H groups in total. The number of hydrogen-bond donors (Lipinski definition) is 2. The number of aromatic amines is 1. The van der Waals surface area contributed by atoms with Gasteiger partial charge >= 0.3 is 0 Å². The summed E-state index contributed by atoms with van der Waals surface area (Å²) in [5.41, 5.74) is 0.614. The summed E-state index contributed by atoms with van der Waals surface area (Å²) < 4.78 is 13.0. The first-order valence-corrected chi connectivity index (χ1v) is 8.34. The molecule has 1 heterocycles. The molecule has 3 rings (SSSR count). The molecule has 0 unspecified atom stereocenters. The molecule has 0 spiro atoms. The minimum absolute atomic E-state index is 0.000865. The van der Waals surface area contributed by atoms with E-state index in [2.05, 4.69) is 10.3 Å². The summed E-state index contributed by atoms with van der Waals surface area (Å²) in [6, 6.07) is 7.82. The summed E-state index contributed by atoms with van der Waals surface area (Å²) in [7, 11) is 0. The van der Waals surface area contributed by atoms with Crippen LogP contribution in [-0.4, -0.2) is 16.9 Å². The van der Waals surface area contributed by atoms with Gasteiger partial charge in [0.1, 0.15) is 11.4 Å². The van der Waals surface area contributed by atoms with Crippen molar-refractivity contribution < 1.29 is 9.18 Å². The molecule has 1 fully saturated rings. The molecule has 1 saturated carbocycles. The van der Waals surface area contributed by atoms with Gasteiger partial charge in [0.2, 0.25) is 0 Å². The van der Waals surface area contributed by atoms with E-state index in [0.29, 0.717) is 5.02 Å². The molecule has 126 valence electrons. The Morgan fingerprint density at radius 1 is 1.29 bits per heavy atom. The summed E-state index contributed by atoms with van der Waals surface area (Å²) in [5.74, 6) is -0.386. The molecular formula is C18H18ClFN2O2. The van der Waals surface area contributed by atoms with Gasteiger partial charge in [-0.15, -0.1) is 0 Å². The number of rotatable bonds is 4. The molecule has 1 aromatic carbocycles. The highest BCUT2D eigenvalue weighted by Crippen LogP contribution is 2.29. The van der Waals surface area contributed by atoms with Crippen LogP contribution in [0.15, 0.2) is 41.3 Å². The van der Waals surface area contributed by atoms with Gasteiger partial charge in [-0.1, -0.05) is 30.2 Å². The van der Waals surface area contributed by atoms with Gasteiger partial charge in [-0.25, -0.2) is 4.39 Å². The third-order valence-corrected chi connectivity index (χ3v) is 4.72. The number of halogens is 2. The Morgan fingerprint density at radius 2 is 2.04 bits per heavy atom. The van der Waals surface area contributed by atoms with Crippen LogP contribution >= 0.6 is 11.6 Å². The van der Waals surface area contributed by atoms with E-state index in [-0.39, 0.29) is 23.3 Å². The van der Waals surface area contributed by atoms with Gasteiger partial charge < -0.3 is 10.3 Å². The zero-order valence-corrected chi connectivity index (χ0v) is 13.8. The van der Waals surface area contributed by atoms with Crippen molar-refractivity contribution in [1.29, 1.82) is 0 Å². The Balaban J connectivity index is 1.69. The zero-order chi connectivity index (χ0) is 17.1. The molecule has 0 aliphatic heterocycles.